The molecule has 0 aliphatic rings. The van der Waals surface area contributed by atoms with Crippen LogP contribution in [0.2, 0.25) is 0 Å². The lowest BCUT2D eigenvalue weighted by atomic mass is 10.0. The maximum atomic E-state index is 13.4. The molecule has 1 aromatic heterocycles. The minimum absolute atomic E-state index is 0.0943. The molecule has 0 radical (unpaired) electrons. The number of carbonyl (C=O) groups is 2. The van der Waals surface area contributed by atoms with Crippen molar-refractivity contribution < 1.29 is 19.8 Å². The summed E-state index contributed by atoms with van der Waals surface area (Å²) in [5, 5.41) is 21.5. The summed E-state index contributed by atoms with van der Waals surface area (Å²) in [4.78, 5) is 40.9. The molecule has 8 nitrogen and oxygen atoms in total. The predicted molar refractivity (Wildman–Crippen MR) is 127 cm³/mol. The summed E-state index contributed by atoms with van der Waals surface area (Å²) >= 11 is 0. The third-order valence-electron chi connectivity index (χ3n) is 5.19. The Balaban J connectivity index is 1.86. The molecule has 0 saturated carbocycles. The third kappa shape index (κ3) is 4.86. The largest absolute Gasteiger partial charge is 0.493 e. The van der Waals surface area contributed by atoms with E-state index in [9.17, 15) is 19.5 Å². The van der Waals surface area contributed by atoms with Crippen LogP contribution in [0.25, 0.3) is 22.5 Å². The van der Waals surface area contributed by atoms with E-state index < -0.39 is 35.4 Å². The summed E-state index contributed by atoms with van der Waals surface area (Å²) in [5.74, 6) is -2.88. The van der Waals surface area contributed by atoms with Crippen LogP contribution in [-0.2, 0) is 11.3 Å². The Morgan fingerprint density at radius 2 is 1.47 bits per heavy atom. The minimum Gasteiger partial charge on any atom is -0.493 e. The van der Waals surface area contributed by atoms with Gasteiger partial charge in [0, 0.05) is 5.56 Å². The second-order valence-electron chi connectivity index (χ2n) is 7.53. The summed E-state index contributed by atoms with van der Waals surface area (Å²) in [5.41, 5.74) is 1.83. The summed E-state index contributed by atoms with van der Waals surface area (Å²) in [6, 6.07) is 26.2. The molecule has 0 saturated heterocycles. The second-order valence-corrected chi connectivity index (χ2v) is 7.53. The van der Waals surface area contributed by atoms with E-state index in [0.29, 0.717) is 5.56 Å². The molecule has 0 aliphatic carbocycles. The summed E-state index contributed by atoms with van der Waals surface area (Å²) in [6.07, 6.45) is 0. The highest BCUT2D eigenvalue weighted by Crippen LogP contribution is 2.27. The zero-order valence-electron chi connectivity index (χ0n) is 18.0. The number of amides is 1. The number of nitrogens with one attached hydrogen (secondary N) is 1. The molecule has 170 valence electrons. The van der Waals surface area contributed by atoms with Gasteiger partial charge < -0.3 is 15.5 Å². The predicted octanol–water partition coefficient (Wildman–Crippen LogP) is 3.15. The highest BCUT2D eigenvalue weighted by Gasteiger charge is 2.23. The Hall–Kier alpha value is -4.72. The number of hydrogen-bond donors (Lipinski definition) is 3. The van der Waals surface area contributed by atoms with E-state index in [1.807, 2.05) is 78.9 Å². The molecule has 0 unspecified atom stereocenters. The molecule has 1 amide bonds. The number of nitrogens with zero attached hydrogens (tertiary/aromatic N) is 2. The van der Waals surface area contributed by atoms with Crippen molar-refractivity contribution in [3.8, 4) is 28.4 Å². The average Bonchev–Trinajstić information content (AvgIpc) is 2.85. The number of rotatable bonds is 7. The van der Waals surface area contributed by atoms with E-state index in [1.165, 1.54) is 4.57 Å². The maximum absolute atomic E-state index is 13.4. The molecule has 1 heterocycles. The molecular weight excluding hydrogens is 434 g/mol. The van der Waals surface area contributed by atoms with Crippen molar-refractivity contribution in [2.45, 2.75) is 6.54 Å². The van der Waals surface area contributed by atoms with Crippen molar-refractivity contribution in [2.24, 2.45) is 0 Å². The van der Waals surface area contributed by atoms with Crippen molar-refractivity contribution >= 4 is 11.9 Å². The van der Waals surface area contributed by atoms with Gasteiger partial charge in [0.1, 0.15) is 12.4 Å². The van der Waals surface area contributed by atoms with Crippen LogP contribution < -0.4 is 10.9 Å². The maximum Gasteiger partial charge on any atom is 0.322 e. The molecule has 0 bridgehead atoms. The molecule has 0 atom stereocenters. The fourth-order valence-electron chi connectivity index (χ4n) is 3.59. The molecule has 0 aliphatic heterocycles. The van der Waals surface area contributed by atoms with Crippen LogP contribution in [0.15, 0.2) is 89.7 Å². The number of carboxylic acids is 1. The van der Waals surface area contributed by atoms with E-state index in [1.54, 1.807) is 6.07 Å². The van der Waals surface area contributed by atoms with E-state index in [-0.39, 0.29) is 12.4 Å². The number of carboxylic acid groups (broad SMARTS) is 1. The quantitative estimate of drug-likeness (QED) is 0.394. The SMILES string of the molecule is O=C(O)CNC(=O)c1c(O)nc(-c2cccc(-c3ccccc3)c2)n(Cc2ccccc2)c1=O. The molecular formula is C26H21N3O5. The van der Waals surface area contributed by atoms with Crippen molar-refractivity contribution in [3.05, 3.63) is 106 Å². The van der Waals surface area contributed by atoms with Gasteiger partial charge in [-0.2, -0.15) is 4.98 Å². The first-order valence-corrected chi connectivity index (χ1v) is 10.5. The van der Waals surface area contributed by atoms with Crippen molar-refractivity contribution in [2.75, 3.05) is 6.54 Å². The molecule has 3 N–H and O–H groups in total. The first kappa shape index (κ1) is 22.5. The molecule has 0 fully saturated rings. The lowest BCUT2D eigenvalue weighted by Crippen LogP contribution is -2.36. The fourth-order valence-corrected chi connectivity index (χ4v) is 3.59. The molecule has 4 rings (SSSR count). The number of aromatic nitrogens is 2. The van der Waals surface area contributed by atoms with Crippen LogP contribution in [0, 0.1) is 0 Å². The number of hydrogen-bond acceptors (Lipinski definition) is 5. The minimum atomic E-state index is -1.28. The lowest BCUT2D eigenvalue weighted by molar-refractivity contribution is -0.135. The fraction of sp³-hybridized carbons (Fsp3) is 0.0769. The van der Waals surface area contributed by atoms with Gasteiger partial charge >= 0.3 is 5.97 Å². The van der Waals surface area contributed by atoms with E-state index in [4.69, 9.17) is 5.11 Å². The highest BCUT2D eigenvalue weighted by molar-refractivity contribution is 5.97. The zero-order valence-corrected chi connectivity index (χ0v) is 18.0. The lowest BCUT2D eigenvalue weighted by Gasteiger charge is -2.16. The summed E-state index contributed by atoms with van der Waals surface area (Å²) < 4.78 is 1.30. The molecule has 3 aromatic carbocycles. The van der Waals surface area contributed by atoms with Crippen LogP contribution >= 0.6 is 0 Å². The Morgan fingerprint density at radius 1 is 0.853 bits per heavy atom. The van der Waals surface area contributed by atoms with E-state index in [2.05, 4.69) is 10.3 Å². The van der Waals surface area contributed by atoms with Crippen molar-refractivity contribution in [1.29, 1.82) is 0 Å². The van der Waals surface area contributed by atoms with Crippen molar-refractivity contribution in [1.82, 2.24) is 14.9 Å². The monoisotopic (exact) mass is 455 g/mol. The number of carbonyl (C=O) groups excluding carboxylic acids is 1. The van der Waals surface area contributed by atoms with Crippen LogP contribution in [0.5, 0.6) is 5.88 Å². The van der Waals surface area contributed by atoms with Crippen molar-refractivity contribution in [3.63, 3.8) is 0 Å². The highest BCUT2D eigenvalue weighted by atomic mass is 16.4. The Kier molecular flexibility index (Phi) is 6.49. The van der Waals surface area contributed by atoms with Gasteiger partial charge in [-0.25, -0.2) is 0 Å². The Morgan fingerprint density at radius 3 is 2.15 bits per heavy atom. The first-order valence-electron chi connectivity index (χ1n) is 10.5. The Bertz CT molecular complexity index is 1400. The van der Waals surface area contributed by atoms with Gasteiger partial charge in [-0.05, 0) is 22.8 Å². The van der Waals surface area contributed by atoms with Gasteiger partial charge in [-0.15, -0.1) is 0 Å². The van der Waals surface area contributed by atoms with Gasteiger partial charge in [0.25, 0.3) is 11.5 Å². The van der Waals surface area contributed by atoms with E-state index >= 15 is 0 Å². The first-order chi connectivity index (χ1) is 16.4. The topological polar surface area (TPSA) is 122 Å². The number of aromatic hydroxyl groups is 1. The Labute approximate surface area is 194 Å². The van der Waals surface area contributed by atoms with Crippen LogP contribution in [0.4, 0.5) is 0 Å². The smallest absolute Gasteiger partial charge is 0.322 e. The number of benzene rings is 3. The average molecular weight is 455 g/mol. The van der Waals surface area contributed by atoms with Crippen LogP contribution in [0.3, 0.4) is 0 Å². The van der Waals surface area contributed by atoms with Gasteiger partial charge in [0.2, 0.25) is 5.88 Å². The second kappa shape index (κ2) is 9.83. The van der Waals surface area contributed by atoms with E-state index in [0.717, 1.165) is 16.7 Å². The van der Waals surface area contributed by atoms with Gasteiger partial charge in [0.05, 0.1) is 6.54 Å². The van der Waals surface area contributed by atoms with Crippen LogP contribution in [0.1, 0.15) is 15.9 Å². The summed E-state index contributed by atoms with van der Waals surface area (Å²) in [6.45, 7) is -0.603. The van der Waals surface area contributed by atoms with Gasteiger partial charge in [-0.3, -0.25) is 19.0 Å². The van der Waals surface area contributed by atoms with Crippen LogP contribution in [-0.4, -0.2) is 38.2 Å². The third-order valence-corrected chi connectivity index (χ3v) is 5.19. The standard InChI is InChI=1S/C26H21N3O5/c30-21(31)15-27-24(32)22-25(33)28-23(29(26(22)34)16-17-8-3-1-4-9-17)20-13-7-12-19(14-20)18-10-5-2-6-11-18/h1-14,33H,15-16H2,(H,27,32)(H,30,31). The van der Waals surface area contributed by atoms with Gasteiger partial charge in [-0.1, -0.05) is 78.9 Å². The van der Waals surface area contributed by atoms with Gasteiger partial charge in [0.15, 0.2) is 5.56 Å². The zero-order chi connectivity index (χ0) is 24.1. The summed E-state index contributed by atoms with van der Waals surface area (Å²) in [7, 11) is 0. The molecule has 0 spiro atoms. The normalized spacial score (nSPS) is 10.6. The molecule has 34 heavy (non-hydrogen) atoms. The molecule has 8 heteroatoms. The molecule has 4 aromatic rings. The number of aliphatic carboxylic acids is 1.